The number of hydrogen-bond acceptors (Lipinski definition) is 3. The Balaban J connectivity index is 3.68. The van der Waals surface area contributed by atoms with Crippen molar-refractivity contribution in [2.24, 2.45) is 0 Å². The predicted molar refractivity (Wildman–Crippen MR) is 40.3 cm³/mol. The van der Waals surface area contributed by atoms with Crippen LogP contribution in [0.15, 0.2) is 0 Å². The Morgan fingerprint density at radius 3 is 2.67 bits per heavy atom. The van der Waals surface area contributed by atoms with E-state index in [1.54, 1.807) is 6.92 Å². The Hall–Kier alpha value is -1.48. The maximum Gasteiger partial charge on any atom is 0.324 e. The van der Waals surface area contributed by atoms with Crippen LogP contribution in [-0.2, 0) is 14.3 Å². The fraction of sp³-hybridized carbons (Fsp3) is 0.571. The van der Waals surface area contributed by atoms with Gasteiger partial charge in [-0.05, 0) is 6.42 Å². The van der Waals surface area contributed by atoms with Gasteiger partial charge in [0, 0.05) is 6.42 Å². The van der Waals surface area contributed by atoms with Crippen molar-refractivity contribution in [2.45, 2.75) is 26.2 Å². The van der Waals surface area contributed by atoms with Crippen molar-refractivity contribution in [1.29, 1.82) is 0 Å². The molecule has 12 heavy (non-hydrogen) atoms. The summed E-state index contributed by atoms with van der Waals surface area (Å²) in [6.07, 6.45) is 1.63. The zero-order valence-corrected chi connectivity index (χ0v) is 6.82. The van der Waals surface area contributed by atoms with Crippen molar-refractivity contribution in [1.82, 2.24) is 0 Å². The third kappa shape index (κ3) is 5.32. The van der Waals surface area contributed by atoms with Gasteiger partial charge < -0.3 is 10.3 Å². The molecule has 0 N–H and O–H groups in total. The average Bonchev–Trinajstić information content (AvgIpc) is 2.01. The van der Waals surface area contributed by atoms with E-state index in [-0.39, 0.29) is 12.8 Å². The summed E-state index contributed by atoms with van der Waals surface area (Å²) in [5, 5.41) is 0. The molecule has 5 heteroatoms. The fourth-order valence-electron chi connectivity index (χ4n) is 0.539. The van der Waals surface area contributed by atoms with Crippen molar-refractivity contribution in [3.63, 3.8) is 0 Å². The molecule has 0 aliphatic rings. The van der Waals surface area contributed by atoms with Gasteiger partial charge in [-0.15, -0.1) is 0 Å². The lowest BCUT2D eigenvalue weighted by atomic mass is 10.3. The molecule has 0 fully saturated rings. The zero-order chi connectivity index (χ0) is 9.40. The largest absolute Gasteiger partial charge is 0.393 e. The van der Waals surface area contributed by atoms with Crippen LogP contribution in [0.25, 0.3) is 5.53 Å². The number of carbonyl (C=O) groups is 2. The monoisotopic (exact) mass is 170 g/mol. The van der Waals surface area contributed by atoms with E-state index in [9.17, 15) is 9.59 Å². The summed E-state index contributed by atoms with van der Waals surface area (Å²) in [6, 6.07) is 0. The molecule has 0 amide bonds. The smallest absolute Gasteiger partial charge is 0.324 e. The number of hydrogen-bond donors (Lipinski definition) is 0. The first-order chi connectivity index (χ1) is 5.70. The lowest BCUT2D eigenvalue weighted by molar-refractivity contribution is -0.158. The molecule has 0 radical (unpaired) electrons. The predicted octanol–water partition coefficient (Wildman–Crippen LogP) is 0.547. The average molecular weight is 170 g/mol. The van der Waals surface area contributed by atoms with Gasteiger partial charge in [-0.3, -0.25) is 9.59 Å². The van der Waals surface area contributed by atoms with Crippen LogP contribution in [-0.4, -0.2) is 22.9 Å². The van der Waals surface area contributed by atoms with E-state index in [4.69, 9.17) is 5.53 Å². The molecular formula is C7H10N2O3. The van der Waals surface area contributed by atoms with Crippen molar-refractivity contribution in [3.05, 3.63) is 5.53 Å². The first-order valence-electron chi connectivity index (χ1n) is 3.60. The van der Waals surface area contributed by atoms with Gasteiger partial charge in [-0.2, -0.15) is 4.79 Å². The molecule has 0 heterocycles. The second kappa shape index (κ2) is 6.24. The molecule has 5 nitrogen and oxygen atoms in total. The van der Waals surface area contributed by atoms with Gasteiger partial charge >= 0.3 is 11.9 Å². The number of rotatable bonds is 4. The van der Waals surface area contributed by atoms with Crippen LogP contribution in [0.2, 0.25) is 0 Å². The molecule has 0 rings (SSSR count). The van der Waals surface area contributed by atoms with Crippen LogP contribution in [0, 0.1) is 0 Å². The van der Waals surface area contributed by atoms with Crippen LogP contribution in [0.1, 0.15) is 26.2 Å². The number of esters is 2. The van der Waals surface area contributed by atoms with Gasteiger partial charge in [0.05, 0.1) is 0 Å². The van der Waals surface area contributed by atoms with E-state index >= 15 is 0 Å². The van der Waals surface area contributed by atoms with Crippen LogP contribution >= 0.6 is 0 Å². The van der Waals surface area contributed by atoms with Crippen molar-refractivity contribution in [2.75, 3.05) is 0 Å². The van der Waals surface area contributed by atoms with E-state index < -0.39 is 11.9 Å². The topological polar surface area (TPSA) is 79.8 Å². The van der Waals surface area contributed by atoms with Crippen LogP contribution in [0.3, 0.4) is 0 Å². The van der Waals surface area contributed by atoms with Gasteiger partial charge in [-0.1, -0.05) is 6.92 Å². The molecule has 0 aliphatic heterocycles. The van der Waals surface area contributed by atoms with Gasteiger partial charge in [0.15, 0.2) is 0 Å². The Bertz CT molecular complexity index is 219. The summed E-state index contributed by atoms with van der Waals surface area (Å²) >= 11 is 0. The van der Waals surface area contributed by atoms with Crippen molar-refractivity contribution in [3.8, 4) is 0 Å². The van der Waals surface area contributed by atoms with Crippen LogP contribution in [0.4, 0.5) is 0 Å². The minimum atomic E-state index is -0.703. The molecule has 0 aliphatic carbocycles. The van der Waals surface area contributed by atoms with Crippen LogP contribution in [0.5, 0.6) is 0 Å². The molecule has 0 spiro atoms. The van der Waals surface area contributed by atoms with E-state index in [2.05, 4.69) is 9.53 Å². The maximum absolute atomic E-state index is 10.7. The molecule has 0 saturated carbocycles. The minimum Gasteiger partial charge on any atom is -0.393 e. The standard InChI is InChI=1S/C7H10N2O3/c1-2-3-6(10)12-7(11)4-5-9-8/h5H,2-4H2,1H3. The van der Waals surface area contributed by atoms with Gasteiger partial charge in [0.2, 0.25) is 0 Å². The van der Waals surface area contributed by atoms with Crippen molar-refractivity contribution >= 4 is 18.2 Å². The minimum absolute atomic E-state index is 0.189. The summed E-state index contributed by atoms with van der Waals surface area (Å²) in [6.45, 7) is 1.81. The number of ether oxygens (including phenoxy) is 1. The van der Waals surface area contributed by atoms with Gasteiger partial charge in [-0.25, -0.2) is 0 Å². The highest BCUT2D eigenvalue weighted by Gasteiger charge is 2.08. The Labute approximate surface area is 69.9 Å². The van der Waals surface area contributed by atoms with Gasteiger partial charge in [0.1, 0.15) is 6.42 Å². The van der Waals surface area contributed by atoms with Crippen molar-refractivity contribution < 1.29 is 19.1 Å². The van der Waals surface area contributed by atoms with E-state index in [1.807, 2.05) is 0 Å². The molecule has 0 aromatic carbocycles. The molecule has 0 atom stereocenters. The molecule has 0 aromatic heterocycles. The van der Waals surface area contributed by atoms with E-state index in [0.29, 0.717) is 6.42 Å². The number of carbonyl (C=O) groups excluding carboxylic acids is 2. The molecular weight excluding hydrogens is 160 g/mol. The lowest BCUT2D eigenvalue weighted by Gasteiger charge is -1.96. The second-order valence-electron chi connectivity index (χ2n) is 2.10. The number of nitrogens with zero attached hydrogens (tertiary/aromatic N) is 2. The van der Waals surface area contributed by atoms with Crippen LogP contribution < -0.4 is 0 Å². The summed E-state index contributed by atoms with van der Waals surface area (Å²) in [4.78, 5) is 23.9. The summed E-state index contributed by atoms with van der Waals surface area (Å²) in [5.74, 6) is -1.25. The SMILES string of the molecule is CCCC(=O)OC(=O)CC=[N+]=[N-]. The Kier molecular flexibility index (Phi) is 5.47. The lowest BCUT2D eigenvalue weighted by Crippen LogP contribution is -2.11. The Morgan fingerprint density at radius 1 is 1.50 bits per heavy atom. The summed E-state index contributed by atoms with van der Waals surface area (Å²) in [7, 11) is 0. The first-order valence-corrected chi connectivity index (χ1v) is 3.60. The summed E-state index contributed by atoms with van der Waals surface area (Å²) < 4.78 is 4.31. The third-order valence-corrected chi connectivity index (χ3v) is 1.02. The molecule has 0 saturated heterocycles. The second-order valence-corrected chi connectivity index (χ2v) is 2.10. The molecule has 0 bridgehead atoms. The highest BCUT2D eigenvalue weighted by atomic mass is 16.6. The highest BCUT2D eigenvalue weighted by molar-refractivity contribution is 5.91. The first kappa shape index (κ1) is 10.5. The van der Waals surface area contributed by atoms with E-state index in [0.717, 1.165) is 6.21 Å². The van der Waals surface area contributed by atoms with E-state index in [1.165, 1.54) is 0 Å². The molecule has 66 valence electrons. The zero-order valence-electron chi connectivity index (χ0n) is 6.82. The fourth-order valence-corrected chi connectivity index (χ4v) is 0.539. The van der Waals surface area contributed by atoms with Gasteiger partial charge in [0.25, 0.3) is 6.21 Å². The third-order valence-electron chi connectivity index (χ3n) is 1.02. The highest BCUT2D eigenvalue weighted by Crippen LogP contribution is 1.92. The normalized spacial score (nSPS) is 8.42. The summed E-state index contributed by atoms with van der Waals surface area (Å²) in [5.41, 5.74) is 7.93. The molecule has 0 aromatic rings. The quantitative estimate of drug-likeness (QED) is 0.203. The maximum atomic E-state index is 10.7. The molecule has 0 unspecified atom stereocenters. The Morgan fingerprint density at radius 2 is 2.17 bits per heavy atom.